The Morgan fingerprint density at radius 2 is 2.16 bits per heavy atom. The van der Waals surface area contributed by atoms with E-state index >= 15 is 0 Å². The van der Waals surface area contributed by atoms with Crippen molar-refractivity contribution in [2.75, 3.05) is 6.54 Å². The lowest BCUT2D eigenvalue weighted by Gasteiger charge is -2.25. The van der Waals surface area contributed by atoms with Gasteiger partial charge in [0.05, 0.1) is 0 Å². The number of fused-ring (bicyclic) bond motifs is 1. The number of piperidine rings is 1. The van der Waals surface area contributed by atoms with E-state index in [1.54, 1.807) is 0 Å². The van der Waals surface area contributed by atoms with Crippen molar-refractivity contribution < 1.29 is 0 Å². The van der Waals surface area contributed by atoms with Crippen LogP contribution in [0.4, 0.5) is 0 Å². The third-order valence-electron chi connectivity index (χ3n) is 4.62. The number of hydrogen-bond acceptors (Lipinski definition) is 1. The molecule has 2 aromatic rings. The molecule has 1 N–H and O–H groups in total. The van der Waals surface area contributed by atoms with Crippen molar-refractivity contribution in [3.63, 3.8) is 0 Å². The van der Waals surface area contributed by atoms with Gasteiger partial charge in [-0.2, -0.15) is 0 Å². The zero-order valence-electron chi connectivity index (χ0n) is 12.3. The van der Waals surface area contributed by atoms with Crippen LogP contribution >= 0.6 is 0 Å². The van der Waals surface area contributed by atoms with E-state index in [0.717, 1.165) is 13.0 Å². The normalized spacial score (nSPS) is 20.1. The standard InChI is InChI=1S/C17H24N2/c1-4-13-8-9-16-14(11-13)12(2)17(19(16)3)15-7-5-6-10-18-15/h8-9,11,15,18H,4-7,10H2,1-3H3. The number of nitrogens with zero attached hydrogens (tertiary/aromatic N) is 1. The Hall–Kier alpha value is -1.28. The maximum atomic E-state index is 3.69. The fourth-order valence-electron chi connectivity index (χ4n) is 3.50. The Morgan fingerprint density at radius 1 is 1.32 bits per heavy atom. The summed E-state index contributed by atoms with van der Waals surface area (Å²) in [5.74, 6) is 0. The van der Waals surface area contributed by atoms with Gasteiger partial charge < -0.3 is 9.88 Å². The maximum absolute atomic E-state index is 3.69. The van der Waals surface area contributed by atoms with Crippen LogP contribution in [0.1, 0.15) is 49.0 Å². The quantitative estimate of drug-likeness (QED) is 0.863. The average molecular weight is 256 g/mol. The summed E-state index contributed by atoms with van der Waals surface area (Å²) in [7, 11) is 2.21. The Labute approximate surface area is 115 Å². The van der Waals surface area contributed by atoms with Crippen LogP contribution in [0.25, 0.3) is 10.9 Å². The molecule has 102 valence electrons. The lowest BCUT2D eigenvalue weighted by molar-refractivity contribution is 0.398. The second-order valence-corrected chi connectivity index (χ2v) is 5.78. The zero-order chi connectivity index (χ0) is 13.4. The summed E-state index contributed by atoms with van der Waals surface area (Å²) in [6.07, 6.45) is 5.05. The van der Waals surface area contributed by atoms with E-state index in [9.17, 15) is 0 Å². The third-order valence-corrected chi connectivity index (χ3v) is 4.62. The molecule has 1 aromatic carbocycles. The van der Waals surface area contributed by atoms with Crippen LogP contribution in [-0.4, -0.2) is 11.1 Å². The fourth-order valence-corrected chi connectivity index (χ4v) is 3.50. The minimum absolute atomic E-state index is 0.538. The Morgan fingerprint density at radius 3 is 2.84 bits per heavy atom. The van der Waals surface area contributed by atoms with Gasteiger partial charge in [0.25, 0.3) is 0 Å². The van der Waals surface area contributed by atoms with Crippen LogP contribution in [-0.2, 0) is 13.5 Å². The molecule has 2 heteroatoms. The van der Waals surface area contributed by atoms with Crippen molar-refractivity contribution in [1.29, 1.82) is 0 Å². The Balaban J connectivity index is 2.13. The van der Waals surface area contributed by atoms with E-state index in [1.807, 2.05) is 0 Å². The molecule has 0 bridgehead atoms. The summed E-state index contributed by atoms with van der Waals surface area (Å²) in [4.78, 5) is 0. The first kappa shape index (κ1) is 12.7. The molecule has 1 saturated heterocycles. The highest BCUT2D eigenvalue weighted by Gasteiger charge is 2.22. The van der Waals surface area contributed by atoms with Crippen molar-refractivity contribution in [1.82, 2.24) is 9.88 Å². The number of aryl methyl sites for hydroxylation is 3. The van der Waals surface area contributed by atoms with E-state index < -0.39 is 0 Å². The zero-order valence-corrected chi connectivity index (χ0v) is 12.3. The predicted molar refractivity (Wildman–Crippen MR) is 81.6 cm³/mol. The molecule has 2 heterocycles. The van der Waals surface area contributed by atoms with Gasteiger partial charge in [0, 0.05) is 29.7 Å². The van der Waals surface area contributed by atoms with Crippen LogP contribution in [0, 0.1) is 6.92 Å². The molecule has 1 fully saturated rings. The maximum Gasteiger partial charge on any atom is 0.0483 e. The van der Waals surface area contributed by atoms with Gasteiger partial charge in [-0.1, -0.05) is 19.4 Å². The van der Waals surface area contributed by atoms with E-state index in [1.165, 1.54) is 47.0 Å². The van der Waals surface area contributed by atoms with E-state index in [4.69, 9.17) is 0 Å². The van der Waals surface area contributed by atoms with E-state index in [0.29, 0.717) is 6.04 Å². The SMILES string of the molecule is CCc1ccc2c(c1)c(C)c(C1CCCCN1)n2C. The van der Waals surface area contributed by atoms with Gasteiger partial charge in [-0.15, -0.1) is 0 Å². The first-order valence-corrected chi connectivity index (χ1v) is 7.53. The number of aromatic nitrogens is 1. The summed E-state index contributed by atoms with van der Waals surface area (Å²) in [6.45, 7) is 5.67. The highest BCUT2D eigenvalue weighted by Crippen LogP contribution is 2.33. The van der Waals surface area contributed by atoms with Crippen molar-refractivity contribution in [3.05, 3.63) is 35.0 Å². The van der Waals surface area contributed by atoms with E-state index in [-0.39, 0.29) is 0 Å². The first-order chi connectivity index (χ1) is 9.22. The summed E-state index contributed by atoms with van der Waals surface area (Å²) in [5.41, 5.74) is 5.76. The van der Waals surface area contributed by atoms with Crippen LogP contribution in [0.3, 0.4) is 0 Å². The molecule has 1 atom stereocenters. The molecule has 0 spiro atoms. The van der Waals surface area contributed by atoms with E-state index in [2.05, 4.69) is 49.0 Å². The van der Waals surface area contributed by atoms with Crippen LogP contribution < -0.4 is 5.32 Å². The van der Waals surface area contributed by atoms with Gasteiger partial charge >= 0.3 is 0 Å². The molecule has 2 nitrogen and oxygen atoms in total. The van der Waals surface area contributed by atoms with Gasteiger partial charge in [0.15, 0.2) is 0 Å². The average Bonchev–Trinajstić information content (AvgIpc) is 2.71. The van der Waals surface area contributed by atoms with Gasteiger partial charge in [0.2, 0.25) is 0 Å². The van der Waals surface area contributed by atoms with Crippen molar-refractivity contribution in [2.45, 2.75) is 45.6 Å². The monoisotopic (exact) mass is 256 g/mol. The molecule has 3 rings (SSSR count). The highest BCUT2D eigenvalue weighted by atomic mass is 15.0. The van der Waals surface area contributed by atoms with Crippen LogP contribution in [0.15, 0.2) is 18.2 Å². The molecule has 0 saturated carbocycles. The van der Waals surface area contributed by atoms with Crippen molar-refractivity contribution >= 4 is 10.9 Å². The molecular weight excluding hydrogens is 232 g/mol. The van der Waals surface area contributed by atoms with Crippen molar-refractivity contribution in [2.24, 2.45) is 7.05 Å². The number of hydrogen-bond donors (Lipinski definition) is 1. The number of rotatable bonds is 2. The highest BCUT2D eigenvalue weighted by molar-refractivity contribution is 5.86. The minimum Gasteiger partial charge on any atom is -0.346 e. The Bertz CT molecular complexity index is 589. The summed E-state index contributed by atoms with van der Waals surface area (Å²) in [5, 5.41) is 5.12. The Kier molecular flexibility index (Phi) is 3.36. The topological polar surface area (TPSA) is 17.0 Å². The number of nitrogens with one attached hydrogen (secondary N) is 1. The number of benzene rings is 1. The third kappa shape index (κ3) is 2.08. The van der Waals surface area contributed by atoms with Crippen LogP contribution in [0.5, 0.6) is 0 Å². The molecule has 1 unspecified atom stereocenters. The van der Waals surface area contributed by atoms with Gasteiger partial charge in [-0.05, 0) is 56.0 Å². The predicted octanol–water partition coefficient (Wildman–Crippen LogP) is 3.86. The molecular formula is C17H24N2. The van der Waals surface area contributed by atoms with Gasteiger partial charge in [-0.25, -0.2) is 0 Å². The summed E-state index contributed by atoms with van der Waals surface area (Å²) in [6, 6.07) is 7.46. The molecule has 0 amide bonds. The first-order valence-electron chi connectivity index (χ1n) is 7.53. The lowest BCUT2D eigenvalue weighted by atomic mass is 9.98. The molecule has 0 aliphatic carbocycles. The molecule has 0 radical (unpaired) electrons. The fraction of sp³-hybridized carbons (Fsp3) is 0.529. The minimum atomic E-state index is 0.538. The molecule has 1 aliphatic rings. The second-order valence-electron chi connectivity index (χ2n) is 5.78. The second kappa shape index (κ2) is 5.01. The molecule has 1 aliphatic heterocycles. The van der Waals surface area contributed by atoms with Crippen LogP contribution in [0.2, 0.25) is 0 Å². The molecule has 1 aromatic heterocycles. The molecule has 19 heavy (non-hydrogen) atoms. The smallest absolute Gasteiger partial charge is 0.0483 e. The largest absolute Gasteiger partial charge is 0.346 e. The van der Waals surface area contributed by atoms with Crippen molar-refractivity contribution in [3.8, 4) is 0 Å². The van der Waals surface area contributed by atoms with Gasteiger partial charge in [0.1, 0.15) is 0 Å². The summed E-state index contributed by atoms with van der Waals surface area (Å²) >= 11 is 0. The van der Waals surface area contributed by atoms with Gasteiger partial charge in [-0.3, -0.25) is 0 Å². The summed E-state index contributed by atoms with van der Waals surface area (Å²) < 4.78 is 2.40. The lowest BCUT2D eigenvalue weighted by Crippen LogP contribution is -2.28.